The third-order valence-corrected chi connectivity index (χ3v) is 3.63. The molecule has 0 saturated carbocycles. The van der Waals surface area contributed by atoms with E-state index in [1.54, 1.807) is 0 Å². The zero-order chi connectivity index (χ0) is 17.2. The largest absolute Gasteiger partial charge is 0.493 e. The minimum absolute atomic E-state index is 0. The highest BCUT2D eigenvalue weighted by Crippen LogP contribution is 2.29. The summed E-state index contributed by atoms with van der Waals surface area (Å²) in [6.45, 7) is 9.02. The lowest BCUT2D eigenvalue weighted by Crippen LogP contribution is -2.31. The molecule has 0 heterocycles. The van der Waals surface area contributed by atoms with E-state index in [0.29, 0.717) is 25.4 Å². The maximum Gasteiger partial charge on any atom is 0.220 e. The third-order valence-electron chi connectivity index (χ3n) is 3.63. The standard InChI is InChI=1S/C19H32N2O2.ClH/c1-5-12-23-18-9-7-6-8-16(18)17(13-14(2)3)21-19(22)11-10-15(4)20;/h6-9,14-15,17H,5,10-13,20H2,1-4H3,(H,21,22);1H. The number of para-hydroxylation sites is 1. The molecule has 0 spiro atoms. The van der Waals surface area contributed by atoms with Crippen molar-refractivity contribution in [3.63, 3.8) is 0 Å². The van der Waals surface area contributed by atoms with Gasteiger partial charge in [0.2, 0.25) is 5.91 Å². The van der Waals surface area contributed by atoms with Gasteiger partial charge >= 0.3 is 0 Å². The molecule has 0 radical (unpaired) electrons. The predicted molar refractivity (Wildman–Crippen MR) is 103 cm³/mol. The van der Waals surface area contributed by atoms with Gasteiger partial charge in [-0.1, -0.05) is 39.0 Å². The molecule has 3 N–H and O–H groups in total. The van der Waals surface area contributed by atoms with Crippen molar-refractivity contribution in [3.05, 3.63) is 29.8 Å². The van der Waals surface area contributed by atoms with Crippen LogP contribution in [0.15, 0.2) is 24.3 Å². The van der Waals surface area contributed by atoms with Crippen LogP contribution in [0.2, 0.25) is 0 Å². The average molecular weight is 357 g/mol. The highest BCUT2D eigenvalue weighted by molar-refractivity contribution is 5.85. The highest BCUT2D eigenvalue weighted by Gasteiger charge is 2.19. The molecule has 1 amide bonds. The Hall–Kier alpha value is -1.26. The molecule has 1 rings (SSSR count). The van der Waals surface area contributed by atoms with Gasteiger partial charge in [0, 0.05) is 18.0 Å². The van der Waals surface area contributed by atoms with Gasteiger partial charge in [0.15, 0.2) is 0 Å². The van der Waals surface area contributed by atoms with Crippen molar-refractivity contribution in [2.24, 2.45) is 11.7 Å². The summed E-state index contributed by atoms with van der Waals surface area (Å²) in [7, 11) is 0. The van der Waals surface area contributed by atoms with Crippen LogP contribution in [-0.4, -0.2) is 18.6 Å². The molecule has 0 aliphatic heterocycles. The van der Waals surface area contributed by atoms with Crippen LogP contribution in [0.25, 0.3) is 0 Å². The van der Waals surface area contributed by atoms with Gasteiger partial charge in [0.1, 0.15) is 5.75 Å². The van der Waals surface area contributed by atoms with Crippen molar-refractivity contribution in [2.75, 3.05) is 6.61 Å². The number of benzene rings is 1. The van der Waals surface area contributed by atoms with Crippen molar-refractivity contribution in [3.8, 4) is 5.75 Å². The Morgan fingerprint density at radius 3 is 2.50 bits per heavy atom. The zero-order valence-corrected chi connectivity index (χ0v) is 16.2. The Morgan fingerprint density at radius 2 is 1.92 bits per heavy atom. The van der Waals surface area contributed by atoms with Crippen molar-refractivity contribution in [1.29, 1.82) is 0 Å². The lowest BCUT2D eigenvalue weighted by atomic mass is 9.96. The Labute approximate surface area is 152 Å². The molecule has 1 aromatic carbocycles. The molecule has 0 fully saturated rings. The number of rotatable bonds is 10. The number of nitrogens with one attached hydrogen (secondary N) is 1. The van der Waals surface area contributed by atoms with Gasteiger partial charge in [-0.3, -0.25) is 4.79 Å². The Balaban J connectivity index is 0.00000529. The number of nitrogens with two attached hydrogens (primary N) is 1. The van der Waals surface area contributed by atoms with Crippen LogP contribution in [0.5, 0.6) is 5.75 Å². The van der Waals surface area contributed by atoms with Crippen molar-refractivity contribution >= 4 is 18.3 Å². The van der Waals surface area contributed by atoms with Crippen LogP contribution < -0.4 is 15.8 Å². The summed E-state index contributed by atoms with van der Waals surface area (Å²) in [6, 6.07) is 8.01. The van der Waals surface area contributed by atoms with E-state index >= 15 is 0 Å². The van der Waals surface area contributed by atoms with Crippen molar-refractivity contribution < 1.29 is 9.53 Å². The molecule has 2 unspecified atom stereocenters. The average Bonchev–Trinajstić information content (AvgIpc) is 2.50. The minimum Gasteiger partial charge on any atom is -0.493 e. The van der Waals surface area contributed by atoms with Gasteiger partial charge < -0.3 is 15.8 Å². The first-order valence-electron chi connectivity index (χ1n) is 8.70. The van der Waals surface area contributed by atoms with Gasteiger partial charge in [-0.05, 0) is 38.2 Å². The van der Waals surface area contributed by atoms with Crippen LogP contribution >= 0.6 is 12.4 Å². The third kappa shape index (κ3) is 8.55. The fraction of sp³-hybridized carbons (Fsp3) is 0.632. The van der Waals surface area contributed by atoms with Crippen LogP contribution in [0, 0.1) is 5.92 Å². The highest BCUT2D eigenvalue weighted by atomic mass is 35.5. The molecular weight excluding hydrogens is 324 g/mol. The second kappa shape index (κ2) is 12.2. The number of hydrogen-bond donors (Lipinski definition) is 2. The lowest BCUT2D eigenvalue weighted by molar-refractivity contribution is -0.122. The number of hydrogen-bond acceptors (Lipinski definition) is 3. The van der Waals surface area contributed by atoms with Crippen LogP contribution in [0.4, 0.5) is 0 Å². The molecule has 1 aromatic rings. The van der Waals surface area contributed by atoms with Gasteiger partial charge in [0.05, 0.1) is 12.6 Å². The SMILES string of the molecule is CCCOc1ccccc1C(CC(C)C)NC(=O)CCC(C)N.Cl. The number of halogens is 1. The topological polar surface area (TPSA) is 64.3 Å². The quantitative estimate of drug-likeness (QED) is 0.659. The van der Waals surface area contributed by atoms with E-state index in [2.05, 4.69) is 26.1 Å². The summed E-state index contributed by atoms with van der Waals surface area (Å²) in [4.78, 5) is 12.2. The summed E-state index contributed by atoms with van der Waals surface area (Å²) < 4.78 is 5.86. The zero-order valence-electron chi connectivity index (χ0n) is 15.4. The Bertz CT molecular complexity index is 478. The molecule has 4 nitrogen and oxygen atoms in total. The Kier molecular flexibility index (Phi) is 11.5. The molecule has 2 atom stereocenters. The van der Waals surface area contributed by atoms with E-state index in [1.165, 1.54) is 0 Å². The molecule has 0 aromatic heterocycles. The summed E-state index contributed by atoms with van der Waals surface area (Å²) >= 11 is 0. The number of carbonyl (C=O) groups excluding carboxylic acids is 1. The summed E-state index contributed by atoms with van der Waals surface area (Å²) in [5.74, 6) is 1.40. The van der Waals surface area contributed by atoms with Gasteiger partial charge in [-0.25, -0.2) is 0 Å². The molecule has 24 heavy (non-hydrogen) atoms. The summed E-state index contributed by atoms with van der Waals surface area (Å²) in [5, 5.41) is 3.16. The smallest absolute Gasteiger partial charge is 0.220 e. The maximum absolute atomic E-state index is 12.2. The van der Waals surface area contributed by atoms with Crippen LogP contribution in [-0.2, 0) is 4.79 Å². The van der Waals surface area contributed by atoms with Crippen molar-refractivity contribution in [2.45, 2.75) is 65.5 Å². The fourth-order valence-electron chi connectivity index (χ4n) is 2.47. The van der Waals surface area contributed by atoms with E-state index in [9.17, 15) is 4.79 Å². The van der Waals surface area contributed by atoms with Crippen molar-refractivity contribution in [1.82, 2.24) is 5.32 Å². The molecule has 0 aliphatic carbocycles. The normalized spacial score (nSPS) is 13.1. The molecule has 0 bridgehead atoms. The van der Waals surface area contributed by atoms with E-state index in [1.807, 2.05) is 31.2 Å². The molecule has 5 heteroatoms. The molecule has 138 valence electrons. The van der Waals surface area contributed by atoms with Gasteiger partial charge in [-0.15, -0.1) is 12.4 Å². The molecular formula is C19H33ClN2O2. The molecule has 0 saturated heterocycles. The number of amides is 1. The monoisotopic (exact) mass is 356 g/mol. The van der Waals surface area contributed by atoms with E-state index in [0.717, 1.165) is 24.2 Å². The summed E-state index contributed by atoms with van der Waals surface area (Å²) in [5.41, 5.74) is 6.80. The first-order valence-corrected chi connectivity index (χ1v) is 8.70. The molecule has 0 aliphatic rings. The van der Waals surface area contributed by atoms with E-state index in [-0.39, 0.29) is 30.4 Å². The number of ether oxygens (including phenoxy) is 1. The second-order valence-electron chi connectivity index (χ2n) is 6.65. The van der Waals surface area contributed by atoms with Gasteiger partial charge in [-0.2, -0.15) is 0 Å². The first kappa shape index (κ1) is 22.7. The van der Waals surface area contributed by atoms with Gasteiger partial charge in [0.25, 0.3) is 0 Å². The summed E-state index contributed by atoms with van der Waals surface area (Å²) in [6.07, 6.45) is 3.01. The fourth-order valence-corrected chi connectivity index (χ4v) is 2.47. The van der Waals surface area contributed by atoms with E-state index < -0.39 is 0 Å². The minimum atomic E-state index is -0.0244. The second-order valence-corrected chi connectivity index (χ2v) is 6.65. The van der Waals surface area contributed by atoms with Crippen LogP contribution in [0.3, 0.4) is 0 Å². The van der Waals surface area contributed by atoms with Crippen LogP contribution in [0.1, 0.15) is 65.0 Å². The lowest BCUT2D eigenvalue weighted by Gasteiger charge is -2.24. The number of carbonyl (C=O) groups is 1. The Morgan fingerprint density at radius 1 is 1.25 bits per heavy atom. The van der Waals surface area contributed by atoms with E-state index in [4.69, 9.17) is 10.5 Å². The maximum atomic E-state index is 12.2. The predicted octanol–water partition coefficient (Wildman–Crippen LogP) is 4.23. The first-order chi connectivity index (χ1) is 10.9.